The molecule has 0 saturated carbocycles. The van der Waals surface area contributed by atoms with Gasteiger partial charge in [-0.2, -0.15) is 0 Å². The van der Waals surface area contributed by atoms with E-state index in [1.807, 2.05) is 12.1 Å². The summed E-state index contributed by atoms with van der Waals surface area (Å²) in [5.74, 6) is 0.919. The monoisotopic (exact) mass is 309 g/mol. The number of hydrogen-bond acceptors (Lipinski definition) is 2. The second kappa shape index (κ2) is 6.45. The lowest BCUT2D eigenvalue weighted by atomic mass is 10.0. The summed E-state index contributed by atoms with van der Waals surface area (Å²) >= 11 is 0. The predicted octanol–water partition coefficient (Wildman–Crippen LogP) is 4.20. The van der Waals surface area contributed by atoms with Gasteiger partial charge in [0.15, 0.2) is 11.4 Å². The quantitative estimate of drug-likeness (QED) is 0.790. The number of nitrogens with zero attached hydrogens (tertiary/aromatic N) is 2. The molecule has 1 heterocycles. The molecular weight excluding hydrogens is 284 g/mol. The lowest BCUT2D eigenvalue weighted by molar-refractivity contribution is -0.441. The Morgan fingerprint density at radius 1 is 1.04 bits per heavy atom. The molecular formula is C20H25N2O+. The van der Waals surface area contributed by atoms with Gasteiger partial charge in [0, 0.05) is 6.42 Å². The number of para-hydroxylation sites is 2. The van der Waals surface area contributed by atoms with Crippen LogP contribution in [0.5, 0.6) is 5.75 Å². The fourth-order valence-corrected chi connectivity index (χ4v) is 3.54. The van der Waals surface area contributed by atoms with Gasteiger partial charge in [0.25, 0.3) is 0 Å². The highest BCUT2D eigenvalue weighted by molar-refractivity contribution is 5.80. The third kappa shape index (κ3) is 3.09. The zero-order chi connectivity index (χ0) is 16.4. The average Bonchev–Trinajstić information content (AvgIpc) is 2.54. The Hall–Kier alpha value is -2.29. The Bertz CT molecular complexity index is 726. The van der Waals surface area contributed by atoms with E-state index >= 15 is 0 Å². The van der Waals surface area contributed by atoms with Gasteiger partial charge >= 0.3 is 0 Å². The minimum absolute atomic E-state index is 0.919. The average molecular weight is 309 g/mol. The topological polar surface area (TPSA) is 15.5 Å². The van der Waals surface area contributed by atoms with E-state index < -0.39 is 0 Å². The van der Waals surface area contributed by atoms with Crippen molar-refractivity contribution < 1.29 is 9.31 Å². The van der Waals surface area contributed by atoms with Crippen LogP contribution >= 0.6 is 0 Å². The standard InChI is InChI=1S/C20H25N2O/c1-15-12-16(2)20(17(3)13-15)22-11-7-10-21(14-22)18-8-5-6-9-19(18)23-4/h5-6,8-9,12-14H,7,10-11H2,1-4H3/q+1. The number of aryl methyl sites for hydroxylation is 3. The molecule has 0 radical (unpaired) electrons. The first-order valence-corrected chi connectivity index (χ1v) is 8.19. The van der Waals surface area contributed by atoms with E-state index in [2.05, 4.69) is 60.9 Å². The SMILES string of the molecule is COc1ccccc1N1C=[N+](c2c(C)cc(C)cc2C)CCC1. The number of rotatable bonds is 3. The Morgan fingerprint density at radius 2 is 1.74 bits per heavy atom. The molecule has 2 aromatic rings. The van der Waals surface area contributed by atoms with Gasteiger partial charge in [-0.3, -0.25) is 0 Å². The molecule has 0 unspecified atom stereocenters. The van der Waals surface area contributed by atoms with Crippen molar-refractivity contribution in [2.24, 2.45) is 0 Å². The number of methoxy groups -OCH3 is 1. The second-order valence-corrected chi connectivity index (χ2v) is 6.27. The van der Waals surface area contributed by atoms with Gasteiger partial charge in [-0.05, 0) is 44.0 Å². The molecule has 0 aromatic heterocycles. The maximum Gasteiger partial charge on any atom is 0.244 e. The van der Waals surface area contributed by atoms with Crippen molar-refractivity contribution in [1.82, 2.24) is 0 Å². The molecule has 1 aliphatic rings. The highest BCUT2D eigenvalue weighted by Crippen LogP contribution is 2.30. The van der Waals surface area contributed by atoms with Crippen LogP contribution in [0.3, 0.4) is 0 Å². The molecule has 0 N–H and O–H groups in total. The number of hydrogen-bond donors (Lipinski definition) is 0. The van der Waals surface area contributed by atoms with E-state index in [0.717, 1.165) is 30.9 Å². The van der Waals surface area contributed by atoms with E-state index in [4.69, 9.17) is 4.74 Å². The lowest BCUT2D eigenvalue weighted by Crippen LogP contribution is -2.35. The van der Waals surface area contributed by atoms with E-state index in [1.165, 1.54) is 22.4 Å². The van der Waals surface area contributed by atoms with E-state index in [-0.39, 0.29) is 0 Å². The summed E-state index contributed by atoms with van der Waals surface area (Å²) in [6.07, 6.45) is 3.35. The fourth-order valence-electron chi connectivity index (χ4n) is 3.54. The Kier molecular flexibility index (Phi) is 4.37. The van der Waals surface area contributed by atoms with Crippen LogP contribution in [0.4, 0.5) is 11.4 Å². The normalized spacial score (nSPS) is 14.6. The van der Waals surface area contributed by atoms with Gasteiger partial charge in [-0.1, -0.05) is 29.8 Å². The third-order valence-electron chi connectivity index (χ3n) is 4.39. The highest BCUT2D eigenvalue weighted by Gasteiger charge is 2.24. The molecule has 0 amide bonds. The molecule has 0 aliphatic carbocycles. The molecule has 0 bridgehead atoms. The summed E-state index contributed by atoms with van der Waals surface area (Å²) < 4.78 is 7.90. The zero-order valence-corrected chi connectivity index (χ0v) is 14.5. The summed E-state index contributed by atoms with van der Waals surface area (Å²) in [6.45, 7) is 8.62. The van der Waals surface area contributed by atoms with Crippen LogP contribution in [0, 0.1) is 20.8 Å². The molecule has 2 aromatic carbocycles. The van der Waals surface area contributed by atoms with Crippen molar-refractivity contribution >= 4 is 17.7 Å². The smallest absolute Gasteiger partial charge is 0.244 e. The summed E-state index contributed by atoms with van der Waals surface area (Å²) in [4.78, 5) is 2.29. The predicted molar refractivity (Wildman–Crippen MR) is 96.5 cm³/mol. The number of anilines is 1. The molecule has 0 atom stereocenters. The van der Waals surface area contributed by atoms with Crippen LogP contribution in [-0.4, -0.2) is 31.1 Å². The minimum Gasteiger partial charge on any atom is -0.492 e. The highest BCUT2D eigenvalue weighted by atomic mass is 16.5. The first-order chi connectivity index (χ1) is 11.1. The van der Waals surface area contributed by atoms with Crippen molar-refractivity contribution in [3.05, 3.63) is 53.1 Å². The van der Waals surface area contributed by atoms with Crippen molar-refractivity contribution in [3.8, 4) is 5.75 Å². The maximum atomic E-state index is 5.52. The lowest BCUT2D eigenvalue weighted by Gasteiger charge is -2.23. The molecule has 3 heteroatoms. The molecule has 0 spiro atoms. The van der Waals surface area contributed by atoms with Crippen molar-refractivity contribution in [2.45, 2.75) is 27.2 Å². The van der Waals surface area contributed by atoms with E-state index in [1.54, 1.807) is 7.11 Å². The number of ether oxygens (including phenoxy) is 1. The van der Waals surface area contributed by atoms with Crippen LogP contribution in [0.1, 0.15) is 23.1 Å². The molecule has 0 fully saturated rings. The van der Waals surface area contributed by atoms with Gasteiger partial charge in [-0.25, -0.2) is 9.48 Å². The van der Waals surface area contributed by atoms with Crippen molar-refractivity contribution in [3.63, 3.8) is 0 Å². The van der Waals surface area contributed by atoms with Crippen molar-refractivity contribution in [1.29, 1.82) is 0 Å². The van der Waals surface area contributed by atoms with Crippen LogP contribution in [0.25, 0.3) is 0 Å². The molecule has 3 nitrogen and oxygen atoms in total. The first-order valence-electron chi connectivity index (χ1n) is 8.19. The van der Waals surface area contributed by atoms with Gasteiger partial charge in [0.1, 0.15) is 5.69 Å². The molecule has 23 heavy (non-hydrogen) atoms. The first kappa shape index (κ1) is 15.6. The Balaban J connectivity index is 2.03. The van der Waals surface area contributed by atoms with Gasteiger partial charge in [0.2, 0.25) is 6.34 Å². The van der Waals surface area contributed by atoms with Crippen molar-refractivity contribution in [2.75, 3.05) is 25.1 Å². The summed E-state index contributed by atoms with van der Waals surface area (Å²) in [7, 11) is 1.73. The summed E-state index contributed by atoms with van der Waals surface area (Å²) in [5, 5.41) is 0. The van der Waals surface area contributed by atoms with Gasteiger partial charge in [0.05, 0.1) is 20.2 Å². The maximum absolute atomic E-state index is 5.52. The minimum atomic E-state index is 0.919. The zero-order valence-electron chi connectivity index (χ0n) is 14.5. The second-order valence-electron chi connectivity index (χ2n) is 6.27. The Morgan fingerprint density at radius 3 is 2.43 bits per heavy atom. The molecule has 1 aliphatic heterocycles. The van der Waals surface area contributed by atoms with Crippen LogP contribution in [-0.2, 0) is 0 Å². The Labute approximate surface area is 138 Å². The van der Waals surface area contributed by atoms with E-state index in [9.17, 15) is 0 Å². The fraction of sp³-hybridized carbons (Fsp3) is 0.350. The summed E-state index contributed by atoms with van der Waals surface area (Å²) in [6, 6.07) is 12.7. The van der Waals surface area contributed by atoms with Gasteiger partial charge in [-0.15, -0.1) is 0 Å². The van der Waals surface area contributed by atoms with Crippen LogP contribution in [0.15, 0.2) is 36.4 Å². The third-order valence-corrected chi connectivity index (χ3v) is 4.39. The van der Waals surface area contributed by atoms with Crippen LogP contribution in [0.2, 0.25) is 0 Å². The van der Waals surface area contributed by atoms with E-state index in [0.29, 0.717) is 0 Å². The van der Waals surface area contributed by atoms with Crippen LogP contribution < -0.4 is 9.64 Å². The molecule has 3 rings (SSSR count). The molecule has 120 valence electrons. The largest absolute Gasteiger partial charge is 0.492 e. The number of benzene rings is 2. The summed E-state index contributed by atoms with van der Waals surface area (Å²) in [5.41, 5.74) is 6.45. The molecule has 0 saturated heterocycles. The van der Waals surface area contributed by atoms with Gasteiger partial charge < -0.3 is 4.74 Å².